The predicted octanol–water partition coefficient (Wildman–Crippen LogP) is 3.29. The van der Waals surface area contributed by atoms with E-state index in [0.717, 1.165) is 17.7 Å². The third kappa shape index (κ3) is 3.61. The number of pyridine rings is 1. The molecule has 0 unspecified atom stereocenters. The van der Waals surface area contributed by atoms with Crippen molar-refractivity contribution in [2.45, 2.75) is 12.7 Å². The van der Waals surface area contributed by atoms with Crippen molar-refractivity contribution < 1.29 is 13.2 Å². The van der Waals surface area contributed by atoms with Crippen molar-refractivity contribution in [2.24, 2.45) is 0 Å². The fraction of sp³-hybridized carbons (Fsp3) is 0.154. The van der Waals surface area contributed by atoms with Crippen molar-refractivity contribution in [3.63, 3.8) is 0 Å². The molecule has 0 atom stereocenters. The molecule has 19 heavy (non-hydrogen) atoms. The molecule has 3 nitrogen and oxygen atoms in total. The van der Waals surface area contributed by atoms with Crippen LogP contribution in [-0.4, -0.2) is 4.98 Å². The van der Waals surface area contributed by atoms with E-state index in [4.69, 9.17) is 5.73 Å². The number of nitrogen functional groups attached to an aromatic ring is 1. The van der Waals surface area contributed by atoms with Gasteiger partial charge in [-0.15, -0.1) is 0 Å². The standard InChI is InChI=1S/C13H12F3N3/c14-13(15,16)10-2-1-3-11(6-10)18-7-9-4-5-12(17)19-8-9/h1-6,8,18H,7H2,(H2,17,19). The molecular formula is C13H12F3N3. The van der Waals surface area contributed by atoms with Gasteiger partial charge in [0.05, 0.1) is 5.56 Å². The van der Waals surface area contributed by atoms with Gasteiger partial charge in [-0.25, -0.2) is 4.98 Å². The van der Waals surface area contributed by atoms with Crippen LogP contribution in [0.3, 0.4) is 0 Å². The number of nitrogens with one attached hydrogen (secondary N) is 1. The van der Waals surface area contributed by atoms with Crippen molar-refractivity contribution in [2.75, 3.05) is 11.1 Å². The van der Waals surface area contributed by atoms with Gasteiger partial charge in [-0.1, -0.05) is 12.1 Å². The van der Waals surface area contributed by atoms with Gasteiger partial charge >= 0.3 is 6.18 Å². The predicted molar refractivity (Wildman–Crippen MR) is 67.4 cm³/mol. The second-order valence-electron chi connectivity index (χ2n) is 4.02. The van der Waals surface area contributed by atoms with Gasteiger partial charge in [0.1, 0.15) is 5.82 Å². The van der Waals surface area contributed by atoms with E-state index in [2.05, 4.69) is 10.3 Å². The monoisotopic (exact) mass is 267 g/mol. The molecule has 0 aliphatic rings. The van der Waals surface area contributed by atoms with Crippen LogP contribution >= 0.6 is 0 Å². The first-order valence-corrected chi connectivity index (χ1v) is 5.57. The molecule has 2 aromatic rings. The second-order valence-corrected chi connectivity index (χ2v) is 4.02. The molecule has 3 N–H and O–H groups in total. The summed E-state index contributed by atoms with van der Waals surface area (Å²) in [5.74, 6) is 0.405. The van der Waals surface area contributed by atoms with Gasteiger partial charge < -0.3 is 11.1 Å². The van der Waals surface area contributed by atoms with Crippen LogP contribution in [0.1, 0.15) is 11.1 Å². The van der Waals surface area contributed by atoms with Crippen molar-refractivity contribution in [1.82, 2.24) is 4.98 Å². The molecule has 0 saturated carbocycles. The summed E-state index contributed by atoms with van der Waals surface area (Å²) in [6.07, 6.45) is -2.75. The first kappa shape index (κ1) is 13.2. The quantitative estimate of drug-likeness (QED) is 0.897. The van der Waals surface area contributed by atoms with Gasteiger partial charge in [-0.2, -0.15) is 13.2 Å². The highest BCUT2D eigenvalue weighted by Gasteiger charge is 2.30. The number of hydrogen-bond donors (Lipinski definition) is 2. The highest BCUT2D eigenvalue weighted by molar-refractivity contribution is 5.47. The number of rotatable bonds is 3. The summed E-state index contributed by atoms with van der Waals surface area (Å²) in [4.78, 5) is 3.91. The fourth-order valence-corrected chi connectivity index (χ4v) is 1.55. The molecule has 100 valence electrons. The maximum Gasteiger partial charge on any atom is 0.416 e. The van der Waals surface area contributed by atoms with Crippen molar-refractivity contribution in [3.8, 4) is 0 Å². The zero-order valence-electron chi connectivity index (χ0n) is 9.91. The average Bonchev–Trinajstić information content (AvgIpc) is 2.37. The zero-order chi connectivity index (χ0) is 13.9. The minimum atomic E-state index is -4.33. The lowest BCUT2D eigenvalue weighted by Crippen LogP contribution is -2.06. The molecule has 0 fully saturated rings. The van der Waals surface area contributed by atoms with Crippen LogP contribution in [0, 0.1) is 0 Å². The molecule has 1 aromatic heterocycles. The molecule has 0 saturated heterocycles. The molecule has 0 spiro atoms. The van der Waals surface area contributed by atoms with Gasteiger partial charge in [0.2, 0.25) is 0 Å². The summed E-state index contributed by atoms with van der Waals surface area (Å²) in [7, 11) is 0. The summed E-state index contributed by atoms with van der Waals surface area (Å²) in [6.45, 7) is 0.384. The molecule has 0 amide bonds. The smallest absolute Gasteiger partial charge is 0.384 e. The topological polar surface area (TPSA) is 50.9 Å². The molecule has 6 heteroatoms. The van der Waals surface area contributed by atoms with E-state index in [0.29, 0.717) is 18.1 Å². The Bertz CT molecular complexity index is 550. The Hall–Kier alpha value is -2.24. The minimum absolute atomic E-state index is 0.384. The minimum Gasteiger partial charge on any atom is -0.384 e. The lowest BCUT2D eigenvalue weighted by atomic mass is 10.2. The van der Waals surface area contributed by atoms with Crippen LogP contribution < -0.4 is 11.1 Å². The number of benzene rings is 1. The number of nitrogens with two attached hydrogens (primary N) is 1. The van der Waals surface area contributed by atoms with Crippen molar-refractivity contribution in [3.05, 3.63) is 53.7 Å². The number of aromatic nitrogens is 1. The van der Waals surface area contributed by atoms with E-state index >= 15 is 0 Å². The lowest BCUT2D eigenvalue weighted by Gasteiger charge is -2.10. The number of halogens is 3. The van der Waals surface area contributed by atoms with Crippen LogP contribution in [0.4, 0.5) is 24.7 Å². The normalized spacial score (nSPS) is 11.3. The molecule has 1 heterocycles. The van der Waals surface area contributed by atoms with E-state index in [-0.39, 0.29) is 0 Å². The molecule has 0 aliphatic carbocycles. The number of hydrogen-bond acceptors (Lipinski definition) is 3. The molecule has 2 rings (SSSR count). The number of anilines is 2. The van der Waals surface area contributed by atoms with Crippen LogP contribution in [0.5, 0.6) is 0 Å². The van der Waals surface area contributed by atoms with Crippen molar-refractivity contribution >= 4 is 11.5 Å². The highest BCUT2D eigenvalue weighted by Crippen LogP contribution is 2.30. The van der Waals surface area contributed by atoms with Gasteiger partial charge in [0.25, 0.3) is 0 Å². The molecular weight excluding hydrogens is 255 g/mol. The van der Waals surface area contributed by atoms with Gasteiger partial charge in [0, 0.05) is 18.4 Å². The largest absolute Gasteiger partial charge is 0.416 e. The SMILES string of the molecule is Nc1ccc(CNc2cccc(C(F)(F)F)c2)cn1. The summed E-state index contributed by atoms with van der Waals surface area (Å²) < 4.78 is 37.6. The van der Waals surface area contributed by atoms with E-state index in [9.17, 15) is 13.2 Å². The molecule has 0 bridgehead atoms. The summed E-state index contributed by atoms with van der Waals surface area (Å²) in [6, 6.07) is 8.47. The Kier molecular flexibility index (Phi) is 3.59. The number of alkyl halides is 3. The molecule has 0 aliphatic heterocycles. The Morgan fingerprint density at radius 3 is 2.58 bits per heavy atom. The van der Waals surface area contributed by atoms with E-state index in [1.165, 1.54) is 6.07 Å². The maximum atomic E-state index is 12.5. The second kappa shape index (κ2) is 5.17. The highest BCUT2D eigenvalue weighted by atomic mass is 19.4. The zero-order valence-corrected chi connectivity index (χ0v) is 9.91. The van der Waals surface area contributed by atoms with Crippen LogP contribution in [0.25, 0.3) is 0 Å². The van der Waals surface area contributed by atoms with E-state index in [1.807, 2.05) is 0 Å². The first-order chi connectivity index (χ1) is 8.95. The third-order valence-electron chi connectivity index (χ3n) is 2.53. The average molecular weight is 267 g/mol. The van der Waals surface area contributed by atoms with Crippen LogP contribution in [0.15, 0.2) is 42.6 Å². The molecule has 1 aromatic carbocycles. The fourth-order valence-electron chi connectivity index (χ4n) is 1.55. The first-order valence-electron chi connectivity index (χ1n) is 5.57. The van der Waals surface area contributed by atoms with E-state index in [1.54, 1.807) is 24.4 Å². The lowest BCUT2D eigenvalue weighted by molar-refractivity contribution is -0.137. The Balaban J connectivity index is 2.05. The van der Waals surface area contributed by atoms with Gasteiger partial charge in [-0.05, 0) is 29.8 Å². The Labute approximate surface area is 108 Å². The van der Waals surface area contributed by atoms with Crippen molar-refractivity contribution in [1.29, 1.82) is 0 Å². The number of nitrogens with zero attached hydrogens (tertiary/aromatic N) is 1. The molecule has 0 radical (unpaired) electrons. The Morgan fingerprint density at radius 1 is 1.16 bits per heavy atom. The maximum absolute atomic E-state index is 12.5. The van der Waals surface area contributed by atoms with Crippen LogP contribution in [0.2, 0.25) is 0 Å². The van der Waals surface area contributed by atoms with Gasteiger partial charge in [0.15, 0.2) is 0 Å². The van der Waals surface area contributed by atoms with Crippen LogP contribution in [-0.2, 0) is 12.7 Å². The van der Waals surface area contributed by atoms with Gasteiger partial charge in [-0.3, -0.25) is 0 Å². The Morgan fingerprint density at radius 2 is 1.95 bits per heavy atom. The summed E-state index contributed by atoms with van der Waals surface area (Å²) in [5, 5.41) is 2.91. The van der Waals surface area contributed by atoms with E-state index < -0.39 is 11.7 Å². The third-order valence-corrected chi connectivity index (χ3v) is 2.53. The summed E-state index contributed by atoms with van der Waals surface area (Å²) >= 11 is 0. The summed E-state index contributed by atoms with van der Waals surface area (Å²) in [5.41, 5.74) is 6.02.